The van der Waals surface area contributed by atoms with E-state index >= 15 is 0 Å². The number of anilines is 1. The molecule has 0 unspecified atom stereocenters. The first-order chi connectivity index (χ1) is 16.7. The summed E-state index contributed by atoms with van der Waals surface area (Å²) in [4.78, 5) is 34.0. The first kappa shape index (κ1) is 20.3. The fourth-order valence-corrected chi connectivity index (χ4v) is 4.23. The van der Waals surface area contributed by atoms with Crippen molar-refractivity contribution in [2.75, 3.05) is 31.2 Å². The molecule has 0 bridgehead atoms. The smallest absolute Gasteiger partial charge is 0.281 e. The van der Waals surface area contributed by atoms with Gasteiger partial charge in [-0.3, -0.25) is 14.9 Å². The second kappa shape index (κ2) is 8.23. The number of aromatic nitrogens is 7. The number of morpholine rings is 1. The van der Waals surface area contributed by atoms with Crippen LogP contribution in [0.1, 0.15) is 0 Å². The van der Waals surface area contributed by atoms with Crippen LogP contribution >= 0.6 is 0 Å². The molecule has 10 nitrogen and oxygen atoms in total. The van der Waals surface area contributed by atoms with Crippen molar-refractivity contribution >= 4 is 17.0 Å². The SMILES string of the molecule is Cn1c(-c2ccncc2)nc2c(N3CCOCC3)nc(-n3[nH]cc(-c4ccccc4)c3=O)nc21. The molecule has 4 aromatic heterocycles. The highest BCUT2D eigenvalue weighted by Gasteiger charge is 2.24. The molecule has 5 aromatic rings. The van der Waals surface area contributed by atoms with E-state index in [1.807, 2.05) is 54.1 Å². The van der Waals surface area contributed by atoms with Crippen LogP contribution in [0.5, 0.6) is 0 Å². The van der Waals surface area contributed by atoms with Gasteiger partial charge in [-0.2, -0.15) is 14.6 Å². The number of ether oxygens (including phenoxy) is 1. The first-order valence-electron chi connectivity index (χ1n) is 11.0. The minimum atomic E-state index is -0.213. The van der Waals surface area contributed by atoms with E-state index in [1.54, 1.807) is 18.6 Å². The van der Waals surface area contributed by atoms with E-state index in [-0.39, 0.29) is 11.5 Å². The second-order valence-electron chi connectivity index (χ2n) is 8.04. The van der Waals surface area contributed by atoms with Crippen LogP contribution < -0.4 is 10.5 Å². The number of benzene rings is 1. The molecule has 0 amide bonds. The molecule has 0 spiro atoms. The zero-order chi connectivity index (χ0) is 23.1. The van der Waals surface area contributed by atoms with Gasteiger partial charge in [0, 0.05) is 44.3 Å². The zero-order valence-electron chi connectivity index (χ0n) is 18.5. The van der Waals surface area contributed by atoms with Gasteiger partial charge in [-0.05, 0) is 17.7 Å². The van der Waals surface area contributed by atoms with Crippen LogP contribution in [0.25, 0.3) is 39.6 Å². The number of nitrogens with one attached hydrogen (secondary N) is 1. The van der Waals surface area contributed by atoms with E-state index in [9.17, 15) is 4.79 Å². The van der Waals surface area contributed by atoms with E-state index < -0.39 is 0 Å². The molecule has 1 fully saturated rings. The summed E-state index contributed by atoms with van der Waals surface area (Å²) in [5.41, 5.74) is 3.42. The number of hydrogen-bond acceptors (Lipinski definition) is 7. The molecule has 0 aliphatic carbocycles. The quantitative estimate of drug-likeness (QED) is 0.444. The van der Waals surface area contributed by atoms with E-state index in [4.69, 9.17) is 19.7 Å². The Bertz CT molecular complexity index is 1520. The van der Waals surface area contributed by atoms with Gasteiger partial charge in [0.05, 0.1) is 18.8 Å². The third-order valence-electron chi connectivity index (χ3n) is 5.99. The van der Waals surface area contributed by atoms with E-state index in [0.29, 0.717) is 48.8 Å². The van der Waals surface area contributed by atoms with Gasteiger partial charge >= 0.3 is 0 Å². The first-order valence-corrected chi connectivity index (χ1v) is 11.0. The predicted octanol–water partition coefficient (Wildman–Crippen LogP) is 2.41. The topological polar surface area (TPSA) is 107 Å². The Morgan fingerprint density at radius 2 is 1.71 bits per heavy atom. The average Bonchev–Trinajstić information content (AvgIpc) is 3.45. The highest BCUT2D eigenvalue weighted by Crippen LogP contribution is 2.29. The van der Waals surface area contributed by atoms with Crippen molar-refractivity contribution in [1.29, 1.82) is 0 Å². The van der Waals surface area contributed by atoms with E-state index in [2.05, 4.69) is 15.0 Å². The molecule has 34 heavy (non-hydrogen) atoms. The second-order valence-corrected chi connectivity index (χ2v) is 8.04. The zero-order valence-corrected chi connectivity index (χ0v) is 18.5. The van der Waals surface area contributed by atoms with Gasteiger partial charge in [-0.1, -0.05) is 30.3 Å². The Balaban J connectivity index is 1.55. The monoisotopic (exact) mass is 454 g/mol. The normalized spacial score (nSPS) is 14.1. The summed E-state index contributed by atoms with van der Waals surface area (Å²) >= 11 is 0. The van der Waals surface area contributed by atoms with Crippen LogP contribution in [0.15, 0.2) is 65.8 Å². The van der Waals surface area contributed by atoms with E-state index in [0.717, 1.165) is 17.0 Å². The highest BCUT2D eigenvalue weighted by molar-refractivity contribution is 5.87. The summed E-state index contributed by atoms with van der Waals surface area (Å²) in [6, 6.07) is 13.4. The molecule has 1 aliphatic rings. The molecular weight excluding hydrogens is 432 g/mol. The maximum Gasteiger partial charge on any atom is 0.281 e. The third-order valence-corrected chi connectivity index (χ3v) is 5.99. The Kier molecular flexibility index (Phi) is 4.92. The van der Waals surface area contributed by atoms with Crippen molar-refractivity contribution in [2.24, 2.45) is 7.05 Å². The highest BCUT2D eigenvalue weighted by atomic mass is 16.5. The fourth-order valence-electron chi connectivity index (χ4n) is 4.23. The number of aromatic amines is 1. The molecule has 1 aromatic carbocycles. The predicted molar refractivity (Wildman–Crippen MR) is 128 cm³/mol. The lowest BCUT2D eigenvalue weighted by molar-refractivity contribution is 0.122. The number of nitrogens with zero attached hydrogens (tertiary/aromatic N) is 7. The van der Waals surface area contributed by atoms with Gasteiger partial charge in [-0.15, -0.1) is 0 Å². The molecule has 1 aliphatic heterocycles. The molecule has 6 rings (SSSR count). The summed E-state index contributed by atoms with van der Waals surface area (Å²) in [5.74, 6) is 1.70. The molecule has 0 saturated carbocycles. The van der Waals surface area contributed by atoms with Crippen LogP contribution in [-0.2, 0) is 11.8 Å². The number of hydrogen-bond donors (Lipinski definition) is 1. The number of rotatable bonds is 4. The summed E-state index contributed by atoms with van der Waals surface area (Å²) in [5, 5.41) is 3.04. The maximum absolute atomic E-state index is 13.3. The maximum atomic E-state index is 13.3. The lowest BCUT2D eigenvalue weighted by atomic mass is 10.1. The van der Waals surface area contributed by atoms with Crippen molar-refractivity contribution in [2.45, 2.75) is 0 Å². The molecule has 1 saturated heterocycles. The molecular formula is C24H22N8O2. The Hall–Kier alpha value is -4.31. The van der Waals surface area contributed by atoms with Crippen molar-refractivity contribution in [3.05, 3.63) is 71.4 Å². The summed E-state index contributed by atoms with van der Waals surface area (Å²) in [6.07, 6.45) is 5.15. The van der Waals surface area contributed by atoms with Gasteiger partial charge in [-0.25, -0.2) is 4.98 Å². The Morgan fingerprint density at radius 1 is 0.941 bits per heavy atom. The summed E-state index contributed by atoms with van der Waals surface area (Å²) < 4.78 is 8.84. The largest absolute Gasteiger partial charge is 0.378 e. The Labute approximate surface area is 194 Å². The standard InChI is InChI=1S/C24H22N8O2/c1-30-20(17-7-9-25-10-8-17)27-19-21(30)28-24(29-22(19)31-11-13-34-14-12-31)32-23(33)18(15-26-32)16-5-3-2-4-6-16/h2-10,15,26H,11-14H2,1H3. The van der Waals surface area contributed by atoms with E-state index in [1.165, 1.54) is 4.68 Å². The molecule has 170 valence electrons. The van der Waals surface area contributed by atoms with Crippen molar-refractivity contribution in [3.8, 4) is 28.5 Å². The lowest BCUT2D eigenvalue weighted by Gasteiger charge is -2.28. The molecule has 10 heteroatoms. The number of imidazole rings is 1. The fraction of sp³-hybridized carbons (Fsp3) is 0.208. The molecule has 5 heterocycles. The van der Waals surface area contributed by atoms with Crippen LogP contribution in [0, 0.1) is 0 Å². The van der Waals surface area contributed by atoms with Gasteiger partial charge in [0.15, 0.2) is 17.0 Å². The minimum absolute atomic E-state index is 0.213. The van der Waals surface area contributed by atoms with Crippen molar-refractivity contribution in [1.82, 2.24) is 34.3 Å². The number of pyridine rings is 1. The summed E-state index contributed by atoms with van der Waals surface area (Å²) in [6.45, 7) is 2.57. The molecule has 1 N–H and O–H groups in total. The summed E-state index contributed by atoms with van der Waals surface area (Å²) in [7, 11) is 1.91. The van der Waals surface area contributed by atoms with Crippen LogP contribution in [0.4, 0.5) is 5.82 Å². The van der Waals surface area contributed by atoms with Gasteiger partial charge in [0.1, 0.15) is 5.82 Å². The van der Waals surface area contributed by atoms with Crippen LogP contribution in [0.2, 0.25) is 0 Å². The third kappa shape index (κ3) is 3.35. The van der Waals surface area contributed by atoms with Crippen LogP contribution in [-0.4, -0.2) is 60.6 Å². The van der Waals surface area contributed by atoms with Crippen LogP contribution in [0.3, 0.4) is 0 Å². The van der Waals surface area contributed by atoms with Gasteiger partial charge in [0.2, 0.25) is 0 Å². The number of H-pyrrole nitrogens is 1. The Morgan fingerprint density at radius 3 is 2.47 bits per heavy atom. The van der Waals surface area contributed by atoms with Crippen molar-refractivity contribution < 1.29 is 4.74 Å². The van der Waals surface area contributed by atoms with Gasteiger partial charge in [0.25, 0.3) is 11.5 Å². The number of fused-ring (bicyclic) bond motifs is 1. The van der Waals surface area contributed by atoms with Gasteiger partial charge < -0.3 is 14.2 Å². The average molecular weight is 454 g/mol. The minimum Gasteiger partial charge on any atom is -0.378 e. The molecule has 0 radical (unpaired) electrons. The lowest BCUT2D eigenvalue weighted by Crippen LogP contribution is -2.37. The number of aryl methyl sites for hydroxylation is 1. The molecule has 0 atom stereocenters. The van der Waals surface area contributed by atoms with Crippen molar-refractivity contribution in [3.63, 3.8) is 0 Å².